The monoisotopic (exact) mass is 139 g/mol. The quantitative estimate of drug-likeness (QED) is 0.499. The number of carbonyl (C=O) groups excluding carboxylic acids is 1. The molecule has 10 heavy (non-hydrogen) atoms. The van der Waals surface area contributed by atoms with E-state index in [1.807, 2.05) is 4.90 Å². The van der Waals surface area contributed by atoms with Gasteiger partial charge in [0, 0.05) is 6.04 Å². The molecule has 1 aliphatic heterocycles. The van der Waals surface area contributed by atoms with Crippen molar-refractivity contribution in [3.63, 3.8) is 0 Å². The lowest BCUT2D eigenvalue weighted by atomic mass is 9.96. The van der Waals surface area contributed by atoms with E-state index < -0.39 is 0 Å². The van der Waals surface area contributed by atoms with E-state index >= 15 is 0 Å². The molecule has 56 valence electrons. The van der Waals surface area contributed by atoms with Gasteiger partial charge in [-0.3, -0.25) is 4.79 Å². The minimum Gasteiger partial charge on any atom is -0.329 e. The van der Waals surface area contributed by atoms with Gasteiger partial charge in [-0.05, 0) is 12.8 Å². The number of rotatable bonds is 1. The van der Waals surface area contributed by atoms with Crippen LogP contribution in [-0.4, -0.2) is 23.4 Å². The molecule has 0 radical (unpaired) electrons. The summed E-state index contributed by atoms with van der Waals surface area (Å²) < 4.78 is 0. The molecular formula is C8H13NO. The summed E-state index contributed by atoms with van der Waals surface area (Å²) in [6, 6.07) is 0.626. The average molecular weight is 139 g/mol. The zero-order valence-electron chi connectivity index (χ0n) is 6.18. The molecule has 0 unspecified atom stereocenters. The van der Waals surface area contributed by atoms with Gasteiger partial charge >= 0.3 is 0 Å². The topological polar surface area (TPSA) is 20.1 Å². The summed E-state index contributed by atoms with van der Waals surface area (Å²) in [5, 5.41) is 0. The van der Waals surface area contributed by atoms with Crippen LogP contribution >= 0.6 is 0 Å². The number of amides is 1. The van der Waals surface area contributed by atoms with E-state index in [4.69, 9.17) is 0 Å². The Bertz CT molecular complexity index is 149. The van der Waals surface area contributed by atoms with Gasteiger partial charge in [0.05, 0.1) is 0 Å². The Morgan fingerprint density at radius 3 is 2.30 bits per heavy atom. The van der Waals surface area contributed by atoms with Crippen molar-refractivity contribution in [2.24, 2.45) is 0 Å². The maximum Gasteiger partial charge on any atom is 0.242 e. The summed E-state index contributed by atoms with van der Waals surface area (Å²) in [5.74, 6) is 0.368. The third-order valence-corrected chi connectivity index (χ3v) is 2.54. The van der Waals surface area contributed by atoms with Crippen LogP contribution in [0.3, 0.4) is 0 Å². The van der Waals surface area contributed by atoms with E-state index in [1.54, 1.807) is 0 Å². The molecular weight excluding hydrogens is 126 g/mol. The molecule has 2 fully saturated rings. The fourth-order valence-corrected chi connectivity index (χ4v) is 1.84. The van der Waals surface area contributed by atoms with Crippen LogP contribution in [0.15, 0.2) is 0 Å². The van der Waals surface area contributed by atoms with Gasteiger partial charge < -0.3 is 4.90 Å². The van der Waals surface area contributed by atoms with Crippen molar-refractivity contribution >= 4 is 5.91 Å². The Morgan fingerprint density at radius 2 is 1.80 bits per heavy atom. The molecule has 0 spiro atoms. The molecule has 1 amide bonds. The van der Waals surface area contributed by atoms with Crippen molar-refractivity contribution in [3.05, 3.63) is 0 Å². The fourth-order valence-electron chi connectivity index (χ4n) is 1.84. The molecule has 1 aliphatic carbocycles. The third-order valence-electron chi connectivity index (χ3n) is 2.54. The summed E-state index contributed by atoms with van der Waals surface area (Å²) >= 11 is 0. The van der Waals surface area contributed by atoms with Crippen molar-refractivity contribution in [2.45, 2.75) is 38.1 Å². The van der Waals surface area contributed by atoms with Crippen LogP contribution in [0.25, 0.3) is 0 Å². The van der Waals surface area contributed by atoms with Gasteiger partial charge in [0.15, 0.2) is 0 Å². The van der Waals surface area contributed by atoms with Crippen LogP contribution < -0.4 is 0 Å². The summed E-state index contributed by atoms with van der Waals surface area (Å²) in [4.78, 5) is 12.7. The lowest BCUT2D eigenvalue weighted by Crippen LogP contribution is -2.22. The van der Waals surface area contributed by atoms with Gasteiger partial charge in [0.2, 0.25) is 5.91 Å². The van der Waals surface area contributed by atoms with Crippen LogP contribution in [0.4, 0.5) is 0 Å². The third kappa shape index (κ3) is 1.02. The van der Waals surface area contributed by atoms with Crippen molar-refractivity contribution in [3.8, 4) is 0 Å². The second-order valence-electron chi connectivity index (χ2n) is 3.31. The molecule has 0 aromatic heterocycles. The van der Waals surface area contributed by atoms with Crippen molar-refractivity contribution in [1.29, 1.82) is 0 Å². The highest BCUT2D eigenvalue weighted by atomic mass is 16.2. The van der Waals surface area contributed by atoms with E-state index in [2.05, 4.69) is 0 Å². The van der Waals surface area contributed by atoms with Gasteiger partial charge in [-0.25, -0.2) is 0 Å². The molecule has 0 aromatic carbocycles. The van der Waals surface area contributed by atoms with Crippen LogP contribution in [0, 0.1) is 0 Å². The number of hydrogen-bond acceptors (Lipinski definition) is 1. The standard InChI is InChI=1S/C8H13NO/c10-8-6-9(8)7-4-2-1-3-5-7/h7H,1-6H2. The van der Waals surface area contributed by atoms with Crippen molar-refractivity contribution in [1.82, 2.24) is 4.90 Å². The van der Waals surface area contributed by atoms with Crippen LogP contribution in [0.1, 0.15) is 32.1 Å². The minimum absolute atomic E-state index is 0.368. The maximum atomic E-state index is 10.7. The Kier molecular flexibility index (Phi) is 1.40. The van der Waals surface area contributed by atoms with Crippen molar-refractivity contribution < 1.29 is 4.79 Å². The molecule has 2 aliphatic rings. The number of nitrogens with zero attached hydrogens (tertiary/aromatic N) is 1. The Hall–Kier alpha value is -0.530. The van der Waals surface area contributed by atoms with Gasteiger partial charge in [0.1, 0.15) is 6.54 Å². The van der Waals surface area contributed by atoms with Gasteiger partial charge in [-0.15, -0.1) is 0 Å². The van der Waals surface area contributed by atoms with E-state index in [0.717, 1.165) is 6.54 Å². The number of carbonyl (C=O) groups is 1. The number of hydrogen-bond donors (Lipinski definition) is 0. The predicted molar refractivity (Wildman–Crippen MR) is 38.6 cm³/mol. The molecule has 0 atom stereocenters. The van der Waals surface area contributed by atoms with E-state index in [-0.39, 0.29) is 0 Å². The van der Waals surface area contributed by atoms with Gasteiger partial charge in [-0.2, -0.15) is 0 Å². The first-order valence-corrected chi connectivity index (χ1v) is 4.17. The van der Waals surface area contributed by atoms with E-state index in [1.165, 1.54) is 32.1 Å². The first-order chi connectivity index (χ1) is 4.88. The Balaban J connectivity index is 1.86. The molecule has 0 N–H and O–H groups in total. The molecule has 2 rings (SSSR count). The first kappa shape index (κ1) is 6.20. The van der Waals surface area contributed by atoms with Gasteiger partial charge in [0.25, 0.3) is 0 Å². The predicted octanol–water partition coefficient (Wildman–Crippen LogP) is 1.16. The molecule has 0 aromatic rings. The minimum atomic E-state index is 0.368. The zero-order chi connectivity index (χ0) is 6.97. The second kappa shape index (κ2) is 2.26. The lowest BCUT2D eigenvalue weighted by Gasteiger charge is -2.21. The van der Waals surface area contributed by atoms with Gasteiger partial charge in [-0.1, -0.05) is 19.3 Å². The van der Waals surface area contributed by atoms with E-state index in [0.29, 0.717) is 11.9 Å². The Labute approximate surface area is 61.2 Å². The molecule has 2 nitrogen and oxygen atoms in total. The normalized spacial score (nSPS) is 27.2. The highest BCUT2D eigenvalue weighted by Gasteiger charge is 2.36. The SMILES string of the molecule is O=C1CN1C1CCCCC1. The summed E-state index contributed by atoms with van der Waals surface area (Å²) in [6.45, 7) is 0.741. The smallest absolute Gasteiger partial charge is 0.242 e. The Morgan fingerprint density at radius 1 is 1.20 bits per heavy atom. The molecule has 0 bridgehead atoms. The van der Waals surface area contributed by atoms with E-state index in [9.17, 15) is 4.79 Å². The molecule has 1 heterocycles. The molecule has 1 saturated heterocycles. The maximum absolute atomic E-state index is 10.7. The highest BCUT2D eigenvalue weighted by Crippen LogP contribution is 2.26. The molecule has 1 saturated carbocycles. The average Bonchev–Trinajstić information content (AvgIpc) is 2.69. The fraction of sp³-hybridized carbons (Fsp3) is 0.875. The molecule has 2 heteroatoms. The second-order valence-corrected chi connectivity index (χ2v) is 3.31. The zero-order valence-corrected chi connectivity index (χ0v) is 6.18. The summed E-state index contributed by atoms with van der Waals surface area (Å²) in [5.41, 5.74) is 0. The first-order valence-electron chi connectivity index (χ1n) is 4.17. The van der Waals surface area contributed by atoms with Crippen molar-refractivity contribution in [2.75, 3.05) is 6.54 Å². The highest BCUT2D eigenvalue weighted by molar-refractivity contribution is 5.92. The van der Waals surface area contributed by atoms with Crippen LogP contribution in [0.5, 0.6) is 0 Å². The summed E-state index contributed by atoms with van der Waals surface area (Å²) in [6.07, 6.45) is 6.54. The largest absolute Gasteiger partial charge is 0.329 e. The van der Waals surface area contributed by atoms with Crippen LogP contribution in [0.2, 0.25) is 0 Å². The van der Waals surface area contributed by atoms with Crippen LogP contribution in [-0.2, 0) is 4.79 Å². The summed E-state index contributed by atoms with van der Waals surface area (Å²) in [7, 11) is 0. The lowest BCUT2D eigenvalue weighted by molar-refractivity contribution is -0.114.